The number of sulfonamides is 1. The van der Waals surface area contributed by atoms with Gasteiger partial charge in [0.25, 0.3) is 0 Å². The second kappa shape index (κ2) is 5.25. The number of nitrogens with one attached hydrogen (secondary N) is 2. The number of aromatic nitrogens is 2. The summed E-state index contributed by atoms with van der Waals surface area (Å²) in [5.41, 5.74) is 5.53. The Morgan fingerprint density at radius 3 is 2.72 bits per heavy atom. The van der Waals surface area contributed by atoms with Crippen LogP contribution < -0.4 is 10.5 Å². The van der Waals surface area contributed by atoms with E-state index in [1.807, 2.05) is 0 Å². The van der Waals surface area contributed by atoms with Gasteiger partial charge in [0.1, 0.15) is 10.7 Å². The molecule has 2 heterocycles. The van der Waals surface area contributed by atoms with Gasteiger partial charge in [0.15, 0.2) is 0 Å². The maximum atomic E-state index is 12.1. The van der Waals surface area contributed by atoms with Crippen molar-refractivity contribution in [3.8, 4) is 0 Å². The van der Waals surface area contributed by atoms with Gasteiger partial charge in [-0.1, -0.05) is 6.92 Å². The largest absolute Gasteiger partial charge is 0.383 e. The lowest BCUT2D eigenvalue weighted by Crippen LogP contribution is -2.44. The van der Waals surface area contributed by atoms with Crippen molar-refractivity contribution in [2.75, 3.05) is 25.4 Å². The predicted molar refractivity (Wildman–Crippen MR) is 68.5 cm³/mol. The highest BCUT2D eigenvalue weighted by Crippen LogP contribution is 2.17. The summed E-state index contributed by atoms with van der Waals surface area (Å²) in [6.07, 6.45) is 2.88. The van der Waals surface area contributed by atoms with Crippen molar-refractivity contribution in [2.45, 2.75) is 30.7 Å². The number of nitrogen functional groups attached to an aromatic ring is 1. The highest BCUT2D eigenvalue weighted by molar-refractivity contribution is 7.89. The lowest BCUT2D eigenvalue weighted by atomic mass is 10.1. The third-order valence-corrected chi connectivity index (χ3v) is 4.83. The number of nitrogens with two attached hydrogens (primary N) is 1. The molecule has 0 spiro atoms. The molecule has 1 aromatic rings. The third kappa shape index (κ3) is 2.82. The summed E-state index contributed by atoms with van der Waals surface area (Å²) in [7, 11) is -3.56. The van der Waals surface area contributed by atoms with Crippen LogP contribution in [-0.4, -0.2) is 49.2 Å². The maximum absolute atomic E-state index is 12.1. The molecule has 1 aromatic heterocycles. The van der Waals surface area contributed by atoms with Crippen LogP contribution in [0.15, 0.2) is 11.1 Å². The summed E-state index contributed by atoms with van der Waals surface area (Å²) >= 11 is 0. The number of piperidine rings is 1. The average Bonchev–Trinajstić information content (AvgIpc) is 2.77. The van der Waals surface area contributed by atoms with Gasteiger partial charge < -0.3 is 10.6 Å². The first-order valence-corrected chi connectivity index (χ1v) is 7.54. The molecule has 7 nitrogen and oxygen atoms in total. The van der Waals surface area contributed by atoms with Crippen molar-refractivity contribution in [1.82, 2.24) is 19.8 Å². The Morgan fingerprint density at radius 1 is 1.56 bits per heavy atom. The molecule has 0 saturated carbocycles. The number of nitrogens with zero attached hydrogens (tertiary/aromatic N) is 2. The van der Waals surface area contributed by atoms with Gasteiger partial charge in [-0.15, -0.1) is 0 Å². The number of hydrogen-bond donors (Lipinski definition) is 3. The summed E-state index contributed by atoms with van der Waals surface area (Å²) < 4.78 is 26.8. The van der Waals surface area contributed by atoms with E-state index in [4.69, 9.17) is 5.73 Å². The van der Waals surface area contributed by atoms with E-state index in [0.717, 1.165) is 32.5 Å². The molecule has 0 radical (unpaired) electrons. The van der Waals surface area contributed by atoms with Crippen LogP contribution in [-0.2, 0) is 10.0 Å². The monoisotopic (exact) mass is 273 g/mol. The van der Waals surface area contributed by atoms with E-state index in [1.54, 1.807) is 0 Å². The van der Waals surface area contributed by atoms with Crippen molar-refractivity contribution in [3.63, 3.8) is 0 Å². The van der Waals surface area contributed by atoms with Gasteiger partial charge in [0.05, 0.1) is 6.20 Å². The SMILES string of the molecule is CCN1CCC(NS(=O)(=O)c2cn[nH]c2N)CC1. The molecule has 1 saturated heterocycles. The Balaban J connectivity index is 2.00. The van der Waals surface area contributed by atoms with Gasteiger partial charge in [-0.3, -0.25) is 5.10 Å². The standard InChI is InChI=1S/C10H19N5O2S/c1-2-15-5-3-8(4-6-15)14-18(16,17)9-7-12-13-10(9)11/h7-8,14H,2-6H2,1H3,(H3,11,12,13). The molecule has 0 aromatic carbocycles. The third-order valence-electron chi connectivity index (χ3n) is 3.28. The Labute approximate surface area is 107 Å². The van der Waals surface area contributed by atoms with Crippen molar-refractivity contribution in [3.05, 3.63) is 6.20 Å². The zero-order valence-corrected chi connectivity index (χ0v) is 11.2. The van der Waals surface area contributed by atoms with Gasteiger partial charge in [0.2, 0.25) is 10.0 Å². The van der Waals surface area contributed by atoms with Crippen LogP contribution in [0.4, 0.5) is 5.82 Å². The molecule has 1 aliphatic rings. The summed E-state index contributed by atoms with van der Waals surface area (Å²) in [6, 6.07) is -0.0212. The molecule has 0 bridgehead atoms. The molecule has 1 aliphatic heterocycles. The van der Waals surface area contributed by atoms with E-state index in [0.29, 0.717) is 0 Å². The zero-order chi connectivity index (χ0) is 13.2. The molecular weight excluding hydrogens is 254 g/mol. The quantitative estimate of drug-likeness (QED) is 0.702. The van der Waals surface area contributed by atoms with Crippen LogP contribution in [0.1, 0.15) is 19.8 Å². The fourth-order valence-electron chi connectivity index (χ4n) is 2.15. The average molecular weight is 273 g/mol. The van der Waals surface area contributed by atoms with Gasteiger partial charge >= 0.3 is 0 Å². The molecule has 0 atom stereocenters. The molecular formula is C10H19N5O2S. The molecule has 8 heteroatoms. The summed E-state index contributed by atoms with van der Waals surface area (Å²) in [5.74, 6) is 0.0773. The second-order valence-electron chi connectivity index (χ2n) is 4.48. The second-order valence-corrected chi connectivity index (χ2v) is 6.16. The molecule has 0 amide bonds. The number of H-pyrrole nitrogens is 1. The van der Waals surface area contributed by atoms with Crippen LogP contribution in [0.25, 0.3) is 0 Å². The molecule has 18 heavy (non-hydrogen) atoms. The van der Waals surface area contributed by atoms with Crippen molar-refractivity contribution in [1.29, 1.82) is 0 Å². The molecule has 0 aliphatic carbocycles. The van der Waals surface area contributed by atoms with E-state index < -0.39 is 10.0 Å². The van der Waals surface area contributed by atoms with E-state index in [1.165, 1.54) is 6.20 Å². The van der Waals surface area contributed by atoms with Gasteiger partial charge in [-0.2, -0.15) is 5.10 Å². The minimum absolute atomic E-state index is 0.0212. The van der Waals surface area contributed by atoms with E-state index in [2.05, 4.69) is 26.7 Å². The molecule has 102 valence electrons. The Morgan fingerprint density at radius 2 is 2.22 bits per heavy atom. The van der Waals surface area contributed by atoms with Crippen LogP contribution in [0.2, 0.25) is 0 Å². The fourth-order valence-corrected chi connectivity index (χ4v) is 3.48. The normalized spacial score (nSPS) is 19.2. The zero-order valence-electron chi connectivity index (χ0n) is 10.4. The van der Waals surface area contributed by atoms with Crippen molar-refractivity contribution in [2.24, 2.45) is 0 Å². The topological polar surface area (TPSA) is 104 Å². The minimum Gasteiger partial charge on any atom is -0.383 e. The number of aromatic amines is 1. The molecule has 0 unspecified atom stereocenters. The highest BCUT2D eigenvalue weighted by Gasteiger charge is 2.26. The van der Waals surface area contributed by atoms with Crippen LogP contribution in [0.3, 0.4) is 0 Å². The van der Waals surface area contributed by atoms with Gasteiger partial charge in [-0.05, 0) is 32.5 Å². The van der Waals surface area contributed by atoms with Gasteiger partial charge in [0, 0.05) is 6.04 Å². The number of rotatable bonds is 4. The van der Waals surface area contributed by atoms with Crippen molar-refractivity contribution >= 4 is 15.8 Å². The molecule has 2 rings (SSSR count). The smallest absolute Gasteiger partial charge is 0.246 e. The maximum Gasteiger partial charge on any atom is 0.246 e. The summed E-state index contributed by atoms with van der Waals surface area (Å²) in [5, 5.41) is 6.06. The van der Waals surface area contributed by atoms with Crippen LogP contribution >= 0.6 is 0 Å². The summed E-state index contributed by atoms with van der Waals surface area (Å²) in [4.78, 5) is 2.33. The summed E-state index contributed by atoms with van der Waals surface area (Å²) in [6.45, 7) is 4.96. The lowest BCUT2D eigenvalue weighted by molar-refractivity contribution is 0.217. The van der Waals surface area contributed by atoms with Crippen LogP contribution in [0.5, 0.6) is 0 Å². The van der Waals surface area contributed by atoms with E-state index >= 15 is 0 Å². The first-order chi connectivity index (χ1) is 8.53. The Bertz CT molecular complexity index is 490. The van der Waals surface area contributed by atoms with Crippen molar-refractivity contribution < 1.29 is 8.42 Å². The number of anilines is 1. The van der Waals surface area contributed by atoms with Crippen LogP contribution in [0, 0.1) is 0 Å². The predicted octanol–water partition coefficient (Wildman–Crippen LogP) is -0.245. The number of likely N-dealkylation sites (tertiary alicyclic amines) is 1. The first kappa shape index (κ1) is 13.3. The molecule has 1 fully saturated rings. The van der Waals surface area contributed by atoms with E-state index in [9.17, 15) is 8.42 Å². The Hall–Kier alpha value is -1.12. The lowest BCUT2D eigenvalue weighted by Gasteiger charge is -2.31. The fraction of sp³-hybridized carbons (Fsp3) is 0.700. The van der Waals surface area contributed by atoms with Gasteiger partial charge in [-0.25, -0.2) is 13.1 Å². The van der Waals surface area contributed by atoms with E-state index in [-0.39, 0.29) is 16.8 Å². The minimum atomic E-state index is -3.56. The highest BCUT2D eigenvalue weighted by atomic mass is 32.2. The Kier molecular flexibility index (Phi) is 3.88. The molecule has 4 N–H and O–H groups in total. The number of hydrogen-bond acceptors (Lipinski definition) is 5. The first-order valence-electron chi connectivity index (χ1n) is 6.06.